The van der Waals surface area contributed by atoms with Crippen LogP contribution in [0.5, 0.6) is 0 Å². The predicted octanol–water partition coefficient (Wildman–Crippen LogP) is 4.14. The van der Waals surface area contributed by atoms with E-state index in [9.17, 15) is 5.11 Å². The Bertz CT molecular complexity index is 857. The van der Waals surface area contributed by atoms with Crippen LogP contribution in [-0.2, 0) is 30.3 Å². The zero-order valence-corrected chi connectivity index (χ0v) is 18.6. The van der Waals surface area contributed by atoms with Gasteiger partial charge in [0.2, 0.25) is 0 Å². The summed E-state index contributed by atoms with van der Waals surface area (Å²) in [5.41, 5.74) is 1.03. The maximum absolute atomic E-state index is 11.2. The van der Waals surface area contributed by atoms with Gasteiger partial charge >= 0.3 is 0 Å². The molecule has 2 aliphatic rings. The SMILES string of the molecule is C=CC[C@@]12COC(c3ccccc3)O[C@H]1[C@H](OCc1ccccc1)[C@@H](O)[C@H](OC(C)C)O2. The van der Waals surface area contributed by atoms with Crippen LogP contribution in [-0.4, -0.2) is 48.0 Å². The second-order valence-electron chi connectivity index (χ2n) is 8.59. The molecular weight excluding hydrogens is 408 g/mol. The normalized spacial score (nSPS) is 32.4. The number of aliphatic hydroxyl groups is 1. The highest BCUT2D eigenvalue weighted by Crippen LogP contribution is 2.44. The Morgan fingerprint density at radius 1 is 1.12 bits per heavy atom. The minimum Gasteiger partial charge on any atom is -0.385 e. The van der Waals surface area contributed by atoms with Gasteiger partial charge in [-0.1, -0.05) is 66.7 Å². The van der Waals surface area contributed by atoms with E-state index in [2.05, 4.69) is 6.58 Å². The van der Waals surface area contributed by atoms with Gasteiger partial charge in [0.1, 0.15) is 23.9 Å². The summed E-state index contributed by atoms with van der Waals surface area (Å²) in [5.74, 6) is 0. The molecule has 1 N–H and O–H groups in total. The second kappa shape index (κ2) is 10.3. The molecule has 6 nitrogen and oxygen atoms in total. The van der Waals surface area contributed by atoms with Crippen LogP contribution in [0, 0.1) is 0 Å². The highest BCUT2D eigenvalue weighted by molar-refractivity contribution is 5.18. The van der Waals surface area contributed by atoms with Gasteiger partial charge in [0.25, 0.3) is 0 Å². The lowest BCUT2D eigenvalue weighted by atomic mass is 9.83. The maximum atomic E-state index is 11.2. The van der Waals surface area contributed by atoms with E-state index in [1.807, 2.05) is 74.5 Å². The average Bonchev–Trinajstić information content (AvgIpc) is 2.80. The molecule has 2 aliphatic heterocycles. The number of fused-ring (bicyclic) bond motifs is 1. The van der Waals surface area contributed by atoms with Gasteiger partial charge in [0, 0.05) is 5.56 Å². The summed E-state index contributed by atoms with van der Waals surface area (Å²) in [6.07, 6.45) is -1.63. The molecule has 6 heteroatoms. The summed E-state index contributed by atoms with van der Waals surface area (Å²) in [5, 5.41) is 11.2. The van der Waals surface area contributed by atoms with Crippen LogP contribution >= 0.6 is 0 Å². The molecule has 6 atom stereocenters. The summed E-state index contributed by atoms with van der Waals surface area (Å²) >= 11 is 0. The third-order valence-corrected chi connectivity index (χ3v) is 5.79. The lowest BCUT2D eigenvalue weighted by Gasteiger charge is -2.54. The van der Waals surface area contributed by atoms with E-state index < -0.39 is 36.5 Å². The minimum atomic E-state index is -1.03. The van der Waals surface area contributed by atoms with Crippen molar-refractivity contribution in [1.29, 1.82) is 0 Å². The summed E-state index contributed by atoms with van der Waals surface area (Å²) in [4.78, 5) is 0. The Balaban J connectivity index is 1.64. The Morgan fingerprint density at radius 3 is 2.47 bits per heavy atom. The van der Waals surface area contributed by atoms with Crippen LogP contribution in [0.2, 0.25) is 0 Å². The average molecular weight is 441 g/mol. The molecule has 0 radical (unpaired) electrons. The van der Waals surface area contributed by atoms with Gasteiger partial charge in [0.05, 0.1) is 19.3 Å². The zero-order valence-electron chi connectivity index (χ0n) is 18.6. The molecule has 2 aromatic rings. The summed E-state index contributed by atoms with van der Waals surface area (Å²) < 4.78 is 31.1. The molecular formula is C26H32O6. The van der Waals surface area contributed by atoms with Gasteiger partial charge in [-0.15, -0.1) is 6.58 Å². The van der Waals surface area contributed by atoms with Crippen LogP contribution < -0.4 is 0 Å². The number of hydrogen-bond donors (Lipinski definition) is 1. The molecule has 0 aromatic heterocycles. The van der Waals surface area contributed by atoms with Gasteiger partial charge in [0.15, 0.2) is 12.6 Å². The quantitative estimate of drug-likeness (QED) is 0.623. The van der Waals surface area contributed by atoms with Crippen molar-refractivity contribution in [2.75, 3.05) is 6.61 Å². The molecule has 2 fully saturated rings. The zero-order chi connectivity index (χ0) is 22.6. The molecule has 2 saturated heterocycles. The van der Waals surface area contributed by atoms with E-state index in [4.69, 9.17) is 23.7 Å². The lowest BCUT2D eigenvalue weighted by Crippen LogP contribution is -2.69. The smallest absolute Gasteiger partial charge is 0.187 e. The Labute approximate surface area is 189 Å². The van der Waals surface area contributed by atoms with Crippen molar-refractivity contribution in [3.63, 3.8) is 0 Å². The number of ether oxygens (including phenoxy) is 5. The Hall–Kier alpha value is -2.06. The molecule has 1 unspecified atom stereocenters. The molecule has 2 heterocycles. The van der Waals surface area contributed by atoms with Crippen molar-refractivity contribution in [3.05, 3.63) is 84.4 Å². The first-order chi connectivity index (χ1) is 15.5. The van der Waals surface area contributed by atoms with Crippen LogP contribution in [0.25, 0.3) is 0 Å². The monoisotopic (exact) mass is 440 g/mol. The molecule has 0 spiro atoms. The second-order valence-corrected chi connectivity index (χ2v) is 8.59. The van der Waals surface area contributed by atoms with Crippen molar-refractivity contribution >= 4 is 0 Å². The molecule has 0 bridgehead atoms. The number of benzene rings is 2. The fourth-order valence-electron chi connectivity index (χ4n) is 4.29. The Morgan fingerprint density at radius 2 is 1.81 bits per heavy atom. The Kier molecular flexibility index (Phi) is 7.40. The summed E-state index contributed by atoms with van der Waals surface area (Å²) in [6, 6.07) is 19.6. The fraction of sp³-hybridized carbons (Fsp3) is 0.462. The molecule has 0 aliphatic carbocycles. The topological polar surface area (TPSA) is 66.4 Å². The molecule has 32 heavy (non-hydrogen) atoms. The van der Waals surface area contributed by atoms with Gasteiger partial charge in [-0.05, 0) is 25.8 Å². The van der Waals surface area contributed by atoms with E-state index in [-0.39, 0.29) is 12.7 Å². The first-order valence-electron chi connectivity index (χ1n) is 11.1. The van der Waals surface area contributed by atoms with Crippen molar-refractivity contribution in [3.8, 4) is 0 Å². The minimum absolute atomic E-state index is 0.135. The molecule has 2 aromatic carbocycles. The molecule has 4 rings (SSSR count). The van der Waals surface area contributed by atoms with Gasteiger partial charge < -0.3 is 28.8 Å². The molecule has 172 valence electrons. The van der Waals surface area contributed by atoms with Gasteiger partial charge in [-0.25, -0.2) is 0 Å². The number of rotatable bonds is 8. The highest BCUT2D eigenvalue weighted by Gasteiger charge is 2.59. The van der Waals surface area contributed by atoms with Crippen molar-refractivity contribution in [2.45, 2.75) is 69.5 Å². The van der Waals surface area contributed by atoms with E-state index in [0.717, 1.165) is 11.1 Å². The number of hydrogen-bond acceptors (Lipinski definition) is 6. The third kappa shape index (κ3) is 4.96. The van der Waals surface area contributed by atoms with Crippen molar-refractivity contribution in [2.24, 2.45) is 0 Å². The van der Waals surface area contributed by atoms with Gasteiger partial charge in [-0.2, -0.15) is 0 Å². The standard InChI is InChI=1S/C26H32O6/c1-4-15-26-17-29-24(20-13-9-6-10-14-20)31-23(26)22(21(27)25(32-26)30-18(2)3)28-16-19-11-7-5-8-12-19/h4-14,18,21-25,27H,1,15-17H2,2-3H3/t21-,22-,23+,24?,25-,26-/m1/s1. The fourth-order valence-corrected chi connectivity index (χ4v) is 4.29. The van der Waals surface area contributed by atoms with E-state index in [1.54, 1.807) is 6.08 Å². The first-order valence-corrected chi connectivity index (χ1v) is 11.1. The highest BCUT2D eigenvalue weighted by atomic mass is 16.8. The van der Waals surface area contributed by atoms with Crippen LogP contribution in [0.3, 0.4) is 0 Å². The lowest BCUT2D eigenvalue weighted by molar-refractivity contribution is -0.403. The van der Waals surface area contributed by atoms with Crippen LogP contribution in [0.1, 0.15) is 37.7 Å². The molecule has 0 amide bonds. The van der Waals surface area contributed by atoms with E-state index in [0.29, 0.717) is 13.0 Å². The predicted molar refractivity (Wildman–Crippen MR) is 120 cm³/mol. The summed E-state index contributed by atoms with van der Waals surface area (Å²) in [7, 11) is 0. The van der Waals surface area contributed by atoms with Crippen molar-refractivity contribution in [1.82, 2.24) is 0 Å². The third-order valence-electron chi connectivity index (χ3n) is 5.79. The van der Waals surface area contributed by atoms with Crippen LogP contribution in [0.15, 0.2) is 73.3 Å². The summed E-state index contributed by atoms with van der Waals surface area (Å²) in [6.45, 7) is 8.31. The van der Waals surface area contributed by atoms with E-state index in [1.165, 1.54) is 0 Å². The van der Waals surface area contributed by atoms with Crippen molar-refractivity contribution < 1.29 is 28.8 Å². The number of aliphatic hydroxyl groups excluding tert-OH is 1. The maximum Gasteiger partial charge on any atom is 0.187 e. The largest absolute Gasteiger partial charge is 0.385 e. The first kappa shape index (κ1) is 23.1. The van der Waals surface area contributed by atoms with E-state index >= 15 is 0 Å². The van der Waals surface area contributed by atoms with Gasteiger partial charge in [-0.3, -0.25) is 0 Å². The molecule has 0 saturated carbocycles. The van der Waals surface area contributed by atoms with Crippen LogP contribution in [0.4, 0.5) is 0 Å².